The van der Waals surface area contributed by atoms with Gasteiger partial charge in [0.25, 0.3) is 0 Å². The maximum Gasteiger partial charge on any atom is 0.200 e. The standard InChI is InChI=1S/C11H14BrF2NO/c1-3-8(6-15-2)16-10-5-7(12)4-9(13)11(10)14/h4-5,8,15H,3,6H2,1-2H3. The molecule has 1 aromatic carbocycles. The van der Waals surface area contributed by atoms with Gasteiger partial charge in [0, 0.05) is 11.0 Å². The van der Waals surface area contributed by atoms with E-state index in [1.54, 1.807) is 7.05 Å². The van der Waals surface area contributed by atoms with Crippen LogP contribution in [0.4, 0.5) is 8.78 Å². The maximum absolute atomic E-state index is 13.4. The third kappa shape index (κ3) is 3.42. The average Bonchev–Trinajstić information content (AvgIpc) is 2.24. The van der Waals surface area contributed by atoms with Crippen LogP contribution >= 0.6 is 15.9 Å². The zero-order chi connectivity index (χ0) is 12.1. The second-order valence-corrected chi connectivity index (χ2v) is 4.32. The Balaban J connectivity index is 2.87. The van der Waals surface area contributed by atoms with Crippen molar-refractivity contribution in [2.45, 2.75) is 19.4 Å². The van der Waals surface area contributed by atoms with E-state index >= 15 is 0 Å². The minimum absolute atomic E-state index is 0.0611. The van der Waals surface area contributed by atoms with Crippen molar-refractivity contribution in [3.05, 3.63) is 28.2 Å². The molecule has 0 aliphatic heterocycles. The minimum Gasteiger partial charge on any atom is -0.486 e. The van der Waals surface area contributed by atoms with Crippen molar-refractivity contribution in [3.63, 3.8) is 0 Å². The molecule has 1 atom stereocenters. The summed E-state index contributed by atoms with van der Waals surface area (Å²) in [5.74, 6) is -1.92. The molecule has 1 aromatic rings. The van der Waals surface area contributed by atoms with E-state index < -0.39 is 11.6 Å². The number of halogens is 3. The van der Waals surface area contributed by atoms with Crippen LogP contribution in [0.1, 0.15) is 13.3 Å². The molecule has 1 unspecified atom stereocenters. The van der Waals surface area contributed by atoms with E-state index in [0.29, 0.717) is 17.4 Å². The molecule has 2 nitrogen and oxygen atoms in total. The molecule has 0 radical (unpaired) electrons. The van der Waals surface area contributed by atoms with E-state index in [2.05, 4.69) is 21.2 Å². The van der Waals surface area contributed by atoms with Gasteiger partial charge in [-0.25, -0.2) is 4.39 Å². The second-order valence-electron chi connectivity index (χ2n) is 3.41. The summed E-state index contributed by atoms with van der Waals surface area (Å²) in [5.41, 5.74) is 0. The number of nitrogens with one attached hydrogen (secondary N) is 1. The van der Waals surface area contributed by atoms with Gasteiger partial charge in [0.05, 0.1) is 0 Å². The molecule has 5 heteroatoms. The highest BCUT2D eigenvalue weighted by atomic mass is 79.9. The fourth-order valence-corrected chi connectivity index (χ4v) is 1.70. The topological polar surface area (TPSA) is 21.3 Å². The summed E-state index contributed by atoms with van der Waals surface area (Å²) >= 11 is 3.10. The Kier molecular flexibility index (Phi) is 5.15. The average molecular weight is 294 g/mol. The van der Waals surface area contributed by atoms with E-state index in [4.69, 9.17) is 4.74 Å². The van der Waals surface area contributed by atoms with Crippen LogP contribution in [-0.4, -0.2) is 19.7 Å². The van der Waals surface area contributed by atoms with E-state index in [1.807, 2.05) is 6.92 Å². The van der Waals surface area contributed by atoms with Crippen LogP contribution in [-0.2, 0) is 0 Å². The van der Waals surface area contributed by atoms with Crippen molar-refractivity contribution in [1.82, 2.24) is 5.32 Å². The van der Waals surface area contributed by atoms with Crippen LogP contribution in [0.15, 0.2) is 16.6 Å². The Bertz CT molecular complexity index is 360. The summed E-state index contributed by atoms with van der Waals surface area (Å²) in [7, 11) is 1.78. The molecule has 1 rings (SSSR count). The molecule has 0 aromatic heterocycles. The Labute approximate surface area is 102 Å². The molecule has 0 aliphatic carbocycles. The number of rotatable bonds is 5. The first-order valence-corrected chi connectivity index (χ1v) is 5.83. The highest BCUT2D eigenvalue weighted by Crippen LogP contribution is 2.26. The monoisotopic (exact) mass is 293 g/mol. The van der Waals surface area contributed by atoms with Gasteiger partial charge < -0.3 is 10.1 Å². The van der Waals surface area contributed by atoms with Crippen LogP contribution in [0.5, 0.6) is 5.75 Å². The smallest absolute Gasteiger partial charge is 0.200 e. The third-order valence-electron chi connectivity index (χ3n) is 2.14. The minimum atomic E-state index is -0.947. The molecule has 16 heavy (non-hydrogen) atoms. The summed E-state index contributed by atoms with van der Waals surface area (Å²) in [5, 5.41) is 2.93. The van der Waals surface area contributed by atoms with Crippen molar-refractivity contribution in [2.24, 2.45) is 0 Å². The summed E-state index contributed by atoms with van der Waals surface area (Å²) < 4.78 is 32.3. The summed E-state index contributed by atoms with van der Waals surface area (Å²) in [6.45, 7) is 2.51. The van der Waals surface area contributed by atoms with Crippen molar-refractivity contribution >= 4 is 15.9 Å². The first-order chi connectivity index (χ1) is 7.58. The first kappa shape index (κ1) is 13.4. The van der Waals surface area contributed by atoms with Crippen LogP contribution in [0, 0.1) is 11.6 Å². The molecule has 0 saturated heterocycles. The predicted molar refractivity (Wildman–Crippen MR) is 62.7 cm³/mol. The molecular weight excluding hydrogens is 280 g/mol. The Morgan fingerprint density at radius 1 is 1.44 bits per heavy atom. The van der Waals surface area contributed by atoms with Crippen molar-refractivity contribution in [1.29, 1.82) is 0 Å². The van der Waals surface area contributed by atoms with Gasteiger partial charge in [-0.15, -0.1) is 0 Å². The quantitative estimate of drug-likeness (QED) is 0.843. The molecule has 0 saturated carbocycles. The zero-order valence-electron chi connectivity index (χ0n) is 9.19. The number of benzene rings is 1. The highest BCUT2D eigenvalue weighted by molar-refractivity contribution is 9.10. The third-order valence-corrected chi connectivity index (χ3v) is 2.60. The van der Waals surface area contributed by atoms with Crippen LogP contribution in [0.3, 0.4) is 0 Å². The number of hydrogen-bond donors (Lipinski definition) is 1. The van der Waals surface area contributed by atoms with Crippen LogP contribution in [0.25, 0.3) is 0 Å². The number of hydrogen-bond acceptors (Lipinski definition) is 2. The molecule has 0 amide bonds. The van der Waals surface area contributed by atoms with Crippen molar-refractivity contribution in [2.75, 3.05) is 13.6 Å². The van der Waals surface area contributed by atoms with Crippen LogP contribution < -0.4 is 10.1 Å². The van der Waals surface area contributed by atoms with Gasteiger partial charge in [0.15, 0.2) is 11.6 Å². The SMILES string of the molecule is CCC(CNC)Oc1cc(Br)cc(F)c1F. The summed E-state index contributed by atoms with van der Waals surface area (Å²) in [4.78, 5) is 0. The lowest BCUT2D eigenvalue weighted by molar-refractivity contribution is 0.186. The fraction of sp³-hybridized carbons (Fsp3) is 0.455. The lowest BCUT2D eigenvalue weighted by Gasteiger charge is -2.17. The van der Waals surface area contributed by atoms with E-state index in [9.17, 15) is 8.78 Å². The van der Waals surface area contributed by atoms with Crippen LogP contribution in [0.2, 0.25) is 0 Å². The second kappa shape index (κ2) is 6.15. The van der Waals surface area contributed by atoms with Crippen molar-refractivity contribution in [3.8, 4) is 5.75 Å². The Morgan fingerprint density at radius 2 is 2.12 bits per heavy atom. The number of ether oxygens (including phenoxy) is 1. The number of likely N-dealkylation sites (N-methyl/N-ethyl adjacent to an activating group) is 1. The summed E-state index contributed by atoms with van der Waals surface area (Å²) in [6, 6.07) is 2.50. The molecule has 1 N–H and O–H groups in total. The summed E-state index contributed by atoms with van der Waals surface area (Å²) in [6.07, 6.45) is 0.544. The van der Waals surface area contributed by atoms with Gasteiger partial charge >= 0.3 is 0 Å². The van der Waals surface area contributed by atoms with Gasteiger partial charge in [-0.1, -0.05) is 22.9 Å². The molecule has 0 aliphatic rings. The molecular formula is C11H14BrF2NO. The van der Waals surface area contributed by atoms with Crippen molar-refractivity contribution < 1.29 is 13.5 Å². The molecule has 90 valence electrons. The molecule has 0 bridgehead atoms. The van der Waals surface area contributed by atoms with Gasteiger partial charge in [0.2, 0.25) is 5.82 Å². The highest BCUT2D eigenvalue weighted by Gasteiger charge is 2.15. The lowest BCUT2D eigenvalue weighted by Crippen LogP contribution is -2.28. The lowest BCUT2D eigenvalue weighted by atomic mass is 10.2. The Morgan fingerprint density at radius 3 is 2.69 bits per heavy atom. The molecule has 0 fully saturated rings. The van der Waals surface area contributed by atoms with E-state index in [1.165, 1.54) is 6.07 Å². The molecule has 0 heterocycles. The predicted octanol–water partition coefficient (Wildman–Crippen LogP) is 3.10. The first-order valence-electron chi connectivity index (χ1n) is 5.04. The maximum atomic E-state index is 13.4. The van der Waals surface area contributed by atoms with Gasteiger partial charge in [-0.05, 0) is 25.6 Å². The largest absolute Gasteiger partial charge is 0.486 e. The van der Waals surface area contributed by atoms with E-state index in [-0.39, 0.29) is 11.9 Å². The zero-order valence-corrected chi connectivity index (χ0v) is 10.8. The van der Waals surface area contributed by atoms with Gasteiger partial charge in [0.1, 0.15) is 6.10 Å². The fourth-order valence-electron chi connectivity index (χ4n) is 1.29. The van der Waals surface area contributed by atoms with Gasteiger partial charge in [-0.2, -0.15) is 4.39 Å². The van der Waals surface area contributed by atoms with Gasteiger partial charge in [-0.3, -0.25) is 0 Å². The normalized spacial score (nSPS) is 12.6. The molecule has 0 spiro atoms. The van der Waals surface area contributed by atoms with E-state index in [0.717, 1.165) is 6.07 Å². The Hall–Kier alpha value is -0.680.